The van der Waals surface area contributed by atoms with Gasteiger partial charge in [-0.2, -0.15) is 0 Å². The number of carbonyl (C=O) groups excluding carboxylic acids is 1. The SMILES string of the molecule is O=C(CN(c1cccc(Cl)c1Cl)S(=O)(=O)c1ccccc1)Nc1ccc(S(=O)(=O)Nc2cccnc2)cc1. The van der Waals surface area contributed by atoms with Gasteiger partial charge in [-0.25, -0.2) is 16.8 Å². The van der Waals surface area contributed by atoms with Gasteiger partial charge in [0.1, 0.15) is 6.54 Å². The average molecular weight is 591 g/mol. The van der Waals surface area contributed by atoms with Gasteiger partial charge < -0.3 is 5.32 Å². The Morgan fingerprint density at radius 2 is 1.50 bits per heavy atom. The van der Waals surface area contributed by atoms with Crippen LogP contribution in [0.1, 0.15) is 0 Å². The number of hydrogen-bond acceptors (Lipinski definition) is 6. The third-order valence-electron chi connectivity index (χ3n) is 5.18. The highest BCUT2D eigenvalue weighted by atomic mass is 35.5. The Labute approximate surface area is 230 Å². The van der Waals surface area contributed by atoms with E-state index in [0.29, 0.717) is 5.69 Å². The normalized spacial score (nSPS) is 11.5. The van der Waals surface area contributed by atoms with E-state index in [2.05, 4.69) is 15.0 Å². The minimum absolute atomic E-state index is 0.0288. The van der Waals surface area contributed by atoms with E-state index in [0.717, 1.165) is 4.31 Å². The summed E-state index contributed by atoms with van der Waals surface area (Å²) in [5.41, 5.74) is 0.579. The average Bonchev–Trinajstić information content (AvgIpc) is 2.90. The summed E-state index contributed by atoms with van der Waals surface area (Å²) in [6.45, 7) is -0.625. The minimum Gasteiger partial charge on any atom is -0.325 e. The van der Waals surface area contributed by atoms with Crippen LogP contribution in [0, 0.1) is 0 Å². The quantitative estimate of drug-likeness (QED) is 0.282. The van der Waals surface area contributed by atoms with Crippen molar-refractivity contribution in [2.24, 2.45) is 0 Å². The molecule has 38 heavy (non-hydrogen) atoms. The number of nitrogens with one attached hydrogen (secondary N) is 2. The molecule has 0 unspecified atom stereocenters. The molecule has 9 nitrogen and oxygen atoms in total. The highest BCUT2D eigenvalue weighted by Gasteiger charge is 2.29. The number of sulfonamides is 2. The van der Waals surface area contributed by atoms with Gasteiger partial charge in [0.2, 0.25) is 5.91 Å². The molecule has 0 aliphatic heterocycles. The van der Waals surface area contributed by atoms with E-state index in [1.807, 2.05) is 0 Å². The first-order valence-electron chi connectivity index (χ1n) is 10.9. The molecule has 1 amide bonds. The number of rotatable bonds is 9. The lowest BCUT2D eigenvalue weighted by Gasteiger charge is -2.25. The maximum Gasteiger partial charge on any atom is 0.264 e. The molecule has 0 atom stereocenters. The first-order chi connectivity index (χ1) is 18.1. The topological polar surface area (TPSA) is 126 Å². The Bertz CT molecular complexity index is 1650. The summed E-state index contributed by atoms with van der Waals surface area (Å²) in [5, 5.41) is 2.67. The number of aromatic nitrogens is 1. The smallest absolute Gasteiger partial charge is 0.264 e. The fourth-order valence-corrected chi connectivity index (χ4v) is 6.33. The molecule has 0 saturated carbocycles. The van der Waals surface area contributed by atoms with Crippen LogP contribution in [0.5, 0.6) is 0 Å². The molecule has 0 fully saturated rings. The van der Waals surface area contributed by atoms with Gasteiger partial charge >= 0.3 is 0 Å². The van der Waals surface area contributed by atoms with Gasteiger partial charge in [0, 0.05) is 11.9 Å². The van der Waals surface area contributed by atoms with Crippen molar-refractivity contribution in [3.8, 4) is 0 Å². The molecule has 2 N–H and O–H groups in total. The monoisotopic (exact) mass is 590 g/mol. The van der Waals surface area contributed by atoms with Crippen LogP contribution in [0.2, 0.25) is 10.0 Å². The highest BCUT2D eigenvalue weighted by molar-refractivity contribution is 7.93. The van der Waals surface area contributed by atoms with E-state index < -0.39 is 32.5 Å². The molecule has 1 heterocycles. The molecule has 0 bridgehead atoms. The van der Waals surface area contributed by atoms with Gasteiger partial charge in [-0.05, 0) is 60.7 Å². The van der Waals surface area contributed by atoms with Gasteiger partial charge in [0.25, 0.3) is 20.0 Å². The lowest BCUT2D eigenvalue weighted by molar-refractivity contribution is -0.114. The molecule has 3 aromatic carbocycles. The van der Waals surface area contributed by atoms with Crippen molar-refractivity contribution in [3.63, 3.8) is 0 Å². The fraction of sp³-hybridized carbons (Fsp3) is 0.0400. The number of nitrogens with zero attached hydrogens (tertiary/aromatic N) is 2. The van der Waals surface area contributed by atoms with Crippen molar-refractivity contribution >= 4 is 66.2 Å². The van der Waals surface area contributed by atoms with Crippen LogP contribution in [0.25, 0.3) is 0 Å². The van der Waals surface area contributed by atoms with Gasteiger partial charge in [-0.1, -0.05) is 47.5 Å². The molecule has 196 valence electrons. The summed E-state index contributed by atoms with van der Waals surface area (Å²) < 4.78 is 55.4. The second-order valence-electron chi connectivity index (χ2n) is 7.82. The number of amides is 1. The zero-order valence-corrected chi connectivity index (χ0v) is 22.6. The zero-order chi connectivity index (χ0) is 27.3. The number of benzene rings is 3. The second kappa shape index (κ2) is 11.4. The molecule has 0 radical (unpaired) electrons. The van der Waals surface area contributed by atoms with E-state index in [9.17, 15) is 21.6 Å². The second-order valence-corrected chi connectivity index (χ2v) is 12.1. The number of carbonyl (C=O) groups is 1. The Balaban J connectivity index is 1.56. The summed E-state index contributed by atoms with van der Waals surface area (Å²) in [4.78, 5) is 16.7. The number of halogens is 2. The molecule has 0 spiro atoms. The van der Waals surface area contributed by atoms with E-state index in [4.69, 9.17) is 23.2 Å². The number of pyridine rings is 1. The Morgan fingerprint density at radius 3 is 2.16 bits per heavy atom. The third-order valence-corrected chi connectivity index (χ3v) is 9.16. The van der Waals surface area contributed by atoms with Crippen molar-refractivity contribution in [2.75, 3.05) is 20.9 Å². The van der Waals surface area contributed by atoms with E-state index >= 15 is 0 Å². The maximum absolute atomic E-state index is 13.5. The van der Waals surface area contributed by atoms with Crippen LogP contribution in [0.4, 0.5) is 17.1 Å². The highest BCUT2D eigenvalue weighted by Crippen LogP contribution is 2.35. The van der Waals surface area contributed by atoms with Gasteiger partial charge in [-0.15, -0.1) is 0 Å². The molecule has 1 aromatic heterocycles. The minimum atomic E-state index is -4.20. The van der Waals surface area contributed by atoms with Crippen molar-refractivity contribution in [3.05, 3.63) is 107 Å². The fourth-order valence-electron chi connectivity index (χ4n) is 3.39. The lowest BCUT2D eigenvalue weighted by atomic mass is 10.3. The van der Waals surface area contributed by atoms with E-state index in [1.165, 1.54) is 67.0 Å². The lowest BCUT2D eigenvalue weighted by Crippen LogP contribution is -2.38. The summed E-state index contributed by atoms with van der Waals surface area (Å²) in [6.07, 6.45) is 2.88. The first-order valence-corrected chi connectivity index (χ1v) is 14.6. The molecule has 0 aliphatic carbocycles. The van der Waals surface area contributed by atoms with Crippen molar-refractivity contribution in [2.45, 2.75) is 9.79 Å². The molecular formula is C25H20Cl2N4O5S2. The molecular weight excluding hydrogens is 571 g/mol. The summed E-state index contributed by atoms with van der Waals surface area (Å²) in [6, 6.07) is 20.6. The van der Waals surface area contributed by atoms with Crippen LogP contribution in [0.15, 0.2) is 107 Å². The molecule has 4 aromatic rings. The zero-order valence-electron chi connectivity index (χ0n) is 19.5. The Kier molecular flexibility index (Phi) is 8.22. The van der Waals surface area contributed by atoms with Crippen molar-refractivity contribution in [1.82, 2.24) is 4.98 Å². The molecule has 0 saturated heterocycles. The van der Waals surface area contributed by atoms with E-state index in [1.54, 1.807) is 30.3 Å². The Hall–Kier alpha value is -3.64. The van der Waals surface area contributed by atoms with Gasteiger partial charge in [-0.3, -0.25) is 18.8 Å². The maximum atomic E-state index is 13.5. The van der Waals surface area contributed by atoms with Crippen LogP contribution in [0.3, 0.4) is 0 Å². The summed E-state index contributed by atoms with van der Waals surface area (Å²) in [5.74, 6) is -0.690. The summed E-state index contributed by atoms with van der Waals surface area (Å²) in [7, 11) is -8.09. The van der Waals surface area contributed by atoms with Crippen LogP contribution >= 0.6 is 23.2 Å². The molecule has 13 heteroatoms. The van der Waals surface area contributed by atoms with Gasteiger partial charge in [0.05, 0.1) is 37.4 Å². The predicted octanol–water partition coefficient (Wildman–Crippen LogP) is 5.02. The number of anilines is 3. The number of hydrogen-bond donors (Lipinski definition) is 2. The van der Waals surface area contributed by atoms with Crippen LogP contribution < -0.4 is 14.3 Å². The molecule has 0 aliphatic rings. The Morgan fingerprint density at radius 1 is 0.789 bits per heavy atom. The standard InChI is InChI=1S/C25H20Cl2N4O5S2/c26-22-9-4-10-23(25(22)27)31(38(35,36)21-7-2-1-3-8-21)17-24(32)29-18-11-13-20(14-12-18)37(33,34)30-19-6-5-15-28-16-19/h1-16,30H,17H2,(H,29,32). The van der Waals surface area contributed by atoms with Gasteiger partial charge in [0.15, 0.2) is 0 Å². The summed E-state index contributed by atoms with van der Waals surface area (Å²) >= 11 is 12.4. The van der Waals surface area contributed by atoms with E-state index in [-0.39, 0.29) is 31.2 Å². The predicted molar refractivity (Wildman–Crippen MR) is 148 cm³/mol. The first kappa shape index (κ1) is 27.4. The van der Waals surface area contributed by atoms with Crippen LogP contribution in [-0.4, -0.2) is 34.3 Å². The van der Waals surface area contributed by atoms with Crippen LogP contribution in [-0.2, 0) is 24.8 Å². The van der Waals surface area contributed by atoms with Crippen molar-refractivity contribution in [1.29, 1.82) is 0 Å². The largest absolute Gasteiger partial charge is 0.325 e. The van der Waals surface area contributed by atoms with Crippen molar-refractivity contribution < 1.29 is 21.6 Å². The third kappa shape index (κ3) is 6.25. The molecule has 4 rings (SSSR count).